The van der Waals surface area contributed by atoms with Crippen LogP contribution in [0.4, 0.5) is 11.4 Å². The average Bonchev–Trinajstić information content (AvgIpc) is 2.99. The molecule has 3 rings (SSSR count). The number of thiophene rings is 1. The summed E-state index contributed by atoms with van der Waals surface area (Å²) in [5, 5.41) is 10.8. The number of anilines is 1. The monoisotopic (exact) mass is 339 g/mol. The summed E-state index contributed by atoms with van der Waals surface area (Å²) in [6.45, 7) is 0. The van der Waals surface area contributed by atoms with Crippen LogP contribution in [0.25, 0.3) is 11.1 Å². The summed E-state index contributed by atoms with van der Waals surface area (Å²) in [5.74, 6) is -1.69. The molecule has 0 radical (unpaired) electrons. The molecule has 8 nitrogen and oxygen atoms in total. The van der Waals surface area contributed by atoms with Crippen molar-refractivity contribution in [1.29, 1.82) is 0 Å². The van der Waals surface area contributed by atoms with E-state index in [2.05, 4.69) is 0 Å². The first-order valence-corrected chi connectivity index (χ1v) is 6.98. The Morgan fingerprint density at radius 1 is 1.45 bits per heavy atom. The molecule has 0 aliphatic rings. The van der Waals surface area contributed by atoms with Crippen LogP contribution in [-0.4, -0.2) is 15.4 Å². The zero-order chi connectivity index (χ0) is 16.0. The fraction of sp³-hybridized carbons (Fsp3) is 0. The van der Waals surface area contributed by atoms with Crippen molar-refractivity contribution in [2.24, 2.45) is 0 Å². The molecule has 2 heterocycles. The third-order valence-electron chi connectivity index (χ3n) is 2.92. The number of halogens is 1. The van der Waals surface area contributed by atoms with Crippen molar-refractivity contribution in [3.8, 4) is 0 Å². The third kappa shape index (κ3) is 2.07. The van der Waals surface area contributed by atoms with Crippen molar-refractivity contribution in [2.45, 2.75) is 0 Å². The zero-order valence-corrected chi connectivity index (χ0v) is 12.2. The van der Waals surface area contributed by atoms with Crippen LogP contribution >= 0.6 is 22.9 Å². The number of nitrogen functional groups attached to an aromatic ring is 1. The number of carbonyl (C=O) groups is 1. The smallest absolute Gasteiger partial charge is 0.405 e. The van der Waals surface area contributed by atoms with E-state index in [1.54, 1.807) is 6.07 Å². The number of benzene rings is 1. The van der Waals surface area contributed by atoms with E-state index in [1.807, 2.05) is 0 Å². The number of nitrogens with zero attached hydrogens (tertiary/aromatic N) is 2. The number of rotatable bonds is 2. The molecular formula is C12H6ClN3O5S. The maximum atomic E-state index is 12.4. The minimum Gasteiger partial charge on any atom is -0.405 e. The number of fused-ring (bicyclic) bond motifs is 1. The van der Waals surface area contributed by atoms with Crippen molar-refractivity contribution in [3.63, 3.8) is 0 Å². The fourth-order valence-electron chi connectivity index (χ4n) is 1.95. The summed E-state index contributed by atoms with van der Waals surface area (Å²) in [7, 11) is 0. The largest absolute Gasteiger partial charge is 0.427 e. The van der Waals surface area contributed by atoms with Gasteiger partial charge in [0.25, 0.3) is 11.6 Å². The van der Waals surface area contributed by atoms with Gasteiger partial charge in [-0.25, -0.2) is 9.36 Å². The predicted molar refractivity (Wildman–Crippen MR) is 80.6 cm³/mol. The fourth-order valence-corrected chi connectivity index (χ4v) is 3.11. The number of oxazole rings is 1. The molecule has 0 aliphatic heterocycles. The van der Waals surface area contributed by atoms with Gasteiger partial charge in [0.15, 0.2) is 9.92 Å². The molecule has 10 heteroatoms. The van der Waals surface area contributed by atoms with E-state index >= 15 is 0 Å². The first-order chi connectivity index (χ1) is 10.4. The van der Waals surface area contributed by atoms with Crippen LogP contribution in [0, 0.1) is 10.1 Å². The average molecular weight is 340 g/mol. The Kier molecular flexibility index (Phi) is 3.23. The molecule has 2 aromatic heterocycles. The molecule has 0 saturated heterocycles. The molecule has 0 unspecified atom stereocenters. The number of nitrogens with two attached hydrogens (primary N) is 1. The molecule has 0 amide bonds. The van der Waals surface area contributed by atoms with Crippen LogP contribution in [0.2, 0.25) is 4.34 Å². The van der Waals surface area contributed by atoms with Crippen LogP contribution in [0.1, 0.15) is 9.67 Å². The molecule has 1 aromatic carbocycles. The summed E-state index contributed by atoms with van der Waals surface area (Å²) in [5.41, 5.74) is 5.76. The highest BCUT2D eigenvalue weighted by atomic mass is 35.5. The van der Waals surface area contributed by atoms with Crippen molar-refractivity contribution in [2.75, 3.05) is 5.73 Å². The number of nitro groups is 1. The maximum Gasteiger partial charge on any atom is 0.427 e. The van der Waals surface area contributed by atoms with Crippen LogP contribution < -0.4 is 11.5 Å². The quantitative estimate of drug-likeness (QED) is 0.435. The van der Waals surface area contributed by atoms with Gasteiger partial charge in [0.05, 0.1) is 10.6 Å². The van der Waals surface area contributed by atoms with Gasteiger partial charge in [0.1, 0.15) is 10.4 Å². The van der Waals surface area contributed by atoms with Crippen LogP contribution in [-0.2, 0) is 0 Å². The van der Waals surface area contributed by atoms with Gasteiger partial charge >= 0.3 is 5.76 Å². The number of hydrogen-bond donors (Lipinski definition) is 1. The first kappa shape index (κ1) is 14.3. The minimum atomic E-state index is -0.926. The minimum absolute atomic E-state index is 0.0519. The molecule has 0 bridgehead atoms. The molecule has 0 saturated carbocycles. The second kappa shape index (κ2) is 4.97. The Balaban J connectivity index is 2.20. The molecule has 0 aliphatic carbocycles. The van der Waals surface area contributed by atoms with Crippen molar-refractivity contribution < 1.29 is 14.1 Å². The Bertz CT molecular complexity index is 986. The molecule has 22 heavy (non-hydrogen) atoms. The maximum absolute atomic E-state index is 12.4. The van der Waals surface area contributed by atoms with Crippen molar-refractivity contribution >= 4 is 51.3 Å². The molecule has 112 valence electrons. The second-order valence-electron chi connectivity index (χ2n) is 4.23. The molecule has 3 aromatic rings. The van der Waals surface area contributed by atoms with Gasteiger partial charge in [-0.05, 0) is 12.1 Å². The zero-order valence-electron chi connectivity index (χ0n) is 10.6. The van der Waals surface area contributed by atoms with E-state index < -0.39 is 22.3 Å². The number of hydrogen-bond acceptors (Lipinski definition) is 7. The summed E-state index contributed by atoms with van der Waals surface area (Å²) >= 11 is 6.43. The number of para-hydroxylation sites is 1. The third-order valence-corrected chi connectivity index (χ3v) is 4.24. The van der Waals surface area contributed by atoms with Gasteiger partial charge in [0.2, 0.25) is 0 Å². The lowest BCUT2D eigenvalue weighted by atomic mass is 10.3. The summed E-state index contributed by atoms with van der Waals surface area (Å²) in [4.78, 5) is 34.3. The highest BCUT2D eigenvalue weighted by Gasteiger charge is 2.25. The predicted octanol–water partition coefficient (Wildman–Crippen LogP) is 2.49. The summed E-state index contributed by atoms with van der Waals surface area (Å²) in [6.07, 6.45) is 0. The summed E-state index contributed by atoms with van der Waals surface area (Å²) in [6, 6.07) is 5.58. The van der Waals surface area contributed by atoms with Crippen LogP contribution in [0.5, 0.6) is 0 Å². The summed E-state index contributed by atoms with van der Waals surface area (Å²) < 4.78 is 5.57. The highest BCUT2D eigenvalue weighted by molar-refractivity contribution is 7.18. The van der Waals surface area contributed by atoms with Gasteiger partial charge in [-0.1, -0.05) is 17.7 Å². The van der Waals surface area contributed by atoms with E-state index in [9.17, 15) is 19.7 Å². The van der Waals surface area contributed by atoms with Crippen LogP contribution in [0.15, 0.2) is 33.5 Å². The molecule has 0 fully saturated rings. The van der Waals surface area contributed by atoms with E-state index in [0.29, 0.717) is 11.3 Å². The lowest BCUT2D eigenvalue weighted by Crippen LogP contribution is -2.22. The van der Waals surface area contributed by atoms with Gasteiger partial charge in [0, 0.05) is 6.07 Å². The molecule has 2 N–H and O–H groups in total. The van der Waals surface area contributed by atoms with Gasteiger partial charge < -0.3 is 10.2 Å². The van der Waals surface area contributed by atoms with Crippen LogP contribution in [0.3, 0.4) is 0 Å². The standard InChI is InChI=1S/C12H6ClN3O5S/c13-10-7(16(19)20)4-8(22-10)11(17)15-6-3-1-2-5(14)9(6)21-12(15)18/h1-4H,14H2. The van der Waals surface area contributed by atoms with Gasteiger partial charge in [-0.3, -0.25) is 14.9 Å². The number of carbonyl (C=O) groups excluding carboxylic acids is 1. The number of aromatic nitrogens is 1. The van der Waals surface area contributed by atoms with Gasteiger partial charge in [-0.2, -0.15) is 0 Å². The SMILES string of the molecule is Nc1cccc2c1oc(=O)n2C(=O)c1cc([N+](=O)[O-])c(Cl)s1. The van der Waals surface area contributed by atoms with Gasteiger partial charge in [-0.15, -0.1) is 11.3 Å². The van der Waals surface area contributed by atoms with Crippen molar-refractivity contribution in [3.05, 3.63) is 54.1 Å². The van der Waals surface area contributed by atoms with E-state index in [1.165, 1.54) is 12.1 Å². The lowest BCUT2D eigenvalue weighted by molar-refractivity contribution is -0.384. The Labute approximate surface area is 130 Å². The topological polar surface area (TPSA) is 121 Å². The molecule has 0 atom stereocenters. The highest BCUT2D eigenvalue weighted by Crippen LogP contribution is 2.34. The Morgan fingerprint density at radius 2 is 2.18 bits per heavy atom. The molecular weight excluding hydrogens is 334 g/mol. The van der Waals surface area contributed by atoms with E-state index in [0.717, 1.165) is 10.6 Å². The van der Waals surface area contributed by atoms with E-state index in [-0.39, 0.29) is 26.0 Å². The molecule has 0 spiro atoms. The van der Waals surface area contributed by atoms with E-state index in [4.69, 9.17) is 21.8 Å². The lowest BCUT2D eigenvalue weighted by Gasteiger charge is -1.98. The normalized spacial score (nSPS) is 11.0. The Morgan fingerprint density at radius 3 is 2.82 bits per heavy atom. The van der Waals surface area contributed by atoms with Crippen molar-refractivity contribution in [1.82, 2.24) is 4.57 Å². The second-order valence-corrected chi connectivity index (χ2v) is 5.88. The first-order valence-electron chi connectivity index (χ1n) is 5.78. The Hall–Kier alpha value is -2.65.